The molecule has 0 aliphatic carbocycles. The molecule has 1 aromatic carbocycles. The molecule has 0 aliphatic rings. The van der Waals surface area contributed by atoms with Crippen LogP contribution in [0.3, 0.4) is 0 Å². The summed E-state index contributed by atoms with van der Waals surface area (Å²) in [5.74, 6) is 1.77. The largest absolute Gasteiger partial charge is 0.507 e. The van der Waals surface area contributed by atoms with Crippen LogP contribution in [0.4, 0.5) is 0 Å². The van der Waals surface area contributed by atoms with Crippen LogP contribution in [-0.2, 0) is 6.42 Å². The van der Waals surface area contributed by atoms with Gasteiger partial charge in [0.25, 0.3) is 5.89 Å². The molecule has 2 aromatic rings. The van der Waals surface area contributed by atoms with Crippen LogP contribution in [0.5, 0.6) is 5.75 Å². The number of benzene rings is 1. The standard InChI is InChI=1S/C13H15BrN2O2/c1-8(2)3-6-12-15-13(18-16-12)10-5-4-9(14)7-11(10)17/h4-5,7-8,17H,3,6H2,1-2H3. The Balaban J connectivity index is 2.18. The number of aromatic nitrogens is 2. The SMILES string of the molecule is CC(C)CCc1noc(-c2ccc(Br)cc2O)n1. The average Bonchev–Trinajstić information content (AvgIpc) is 2.75. The normalized spacial score (nSPS) is 11.1. The predicted octanol–water partition coefficient (Wildman–Crippen LogP) is 3.79. The van der Waals surface area contributed by atoms with Gasteiger partial charge in [-0.15, -0.1) is 0 Å². The first-order valence-electron chi connectivity index (χ1n) is 5.87. The van der Waals surface area contributed by atoms with E-state index in [2.05, 4.69) is 39.9 Å². The second kappa shape index (κ2) is 5.52. The van der Waals surface area contributed by atoms with Gasteiger partial charge in [0.1, 0.15) is 5.75 Å². The Kier molecular flexibility index (Phi) is 4.01. The van der Waals surface area contributed by atoms with E-state index in [1.165, 1.54) is 0 Å². The van der Waals surface area contributed by atoms with E-state index >= 15 is 0 Å². The van der Waals surface area contributed by atoms with Gasteiger partial charge >= 0.3 is 0 Å². The maximum atomic E-state index is 9.81. The molecule has 1 aromatic heterocycles. The minimum absolute atomic E-state index is 0.128. The van der Waals surface area contributed by atoms with Crippen molar-refractivity contribution in [2.45, 2.75) is 26.7 Å². The predicted molar refractivity (Wildman–Crippen MR) is 72.3 cm³/mol. The minimum Gasteiger partial charge on any atom is -0.507 e. The molecular weight excluding hydrogens is 296 g/mol. The summed E-state index contributed by atoms with van der Waals surface area (Å²) < 4.78 is 5.98. The van der Waals surface area contributed by atoms with Crippen LogP contribution in [0, 0.1) is 5.92 Å². The van der Waals surface area contributed by atoms with E-state index in [4.69, 9.17) is 4.52 Å². The molecule has 0 bridgehead atoms. The fourth-order valence-corrected chi connectivity index (χ4v) is 1.92. The number of phenolic OH excluding ortho intramolecular Hbond substituents is 1. The molecule has 2 rings (SSSR count). The maximum absolute atomic E-state index is 9.81. The van der Waals surface area contributed by atoms with Crippen LogP contribution in [0.1, 0.15) is 26.1 Å². The number of aromatic hydroxyl groups is 1. The third-order valence-electron chi connectivity index (χ3n) is 2.60. The van der Waals surface area contributed by atoms with Crippen LogP contribution < -0.4 is 0 Å². The molecule has 18 heavy (non-hydrogen) atoms. The second-order valence-corrected chi connectivity index (χ2v) is 5.53. The Morgan fingerprint density at radius 1 is 1.39 bits per heavy atom. The lowest BCUT2D eigenvalue weighted by Crippen LogP contribution is -1.93. The second-order valence-electron chi connectivity index (χ2n) is 4.61. The van der Waals surface area contributed by atoms with Crippen molar-refractivity contribution < 1.29 is 9.63 Å². The molecule has 1 N–H and O–H groups in total. The van der Waals surface area contributed by atoms with E-state index in [0.717, 1.165) is 17.3 Å². The van der Waals surface area contributed by atoms with Gasteiger partial charge < -0.3 is 9.63 Å². The molecule has 0 saturated carbocycles. The van der Waals surface area contributed by atoms with Crippen molar-refractivity contribution in [1.29, 1.82) is 0 Å². The number of hydrogen-bond acceptors (Lipinski definition) is 4. The minimum atomic E-state index is 0.128. The zero-order valence-electron chi connectivity index (χ0n) is 10.4. The molecule has 0 amide bonds. The summed E-state index contributed by atoms with van der Waals surface area (Å²) in [7, 11) is 0. The smallest absolute Gasteiger partial charge is 0.261 e. The summed E-state index contributed by atoms with van der Waals surface area (Å²) in [6, 6.07) is 5.18. The lowest BCUT2D eigenvalue weighted by atomic mass is 10.1. The Labute approximate surface area is 114 Å². The quantitative estimate of drug-likeness (QED) is 0.933. The van der Waals surface area contributed by atoms with Crippen LogP contribution in [0.25, 0.3) is 11.5 Å². The molecule has 4 nitrogen and oxygen atoms in total. The molecule has 0 spiro atoms. The van der Waals surface area contributed by atoms with Crippen molar-refractivity contribution in [1.82, 2.24) is 10.1 Å². The van der Waals surface area contributed by atoms with Crippen molar-refractivity contribution in [2.75, 3.05) is 0 Å². The molecule has 0 unspecified atom stereocenters. The van der Waals surface area contributed by atoms with Crippen molar-refractivity contribution in [2.24, 2.45) is 5.92 Å². The summed E-state index contributed by atoms with van der Waals surface area (Å²) in [5, 5.41) is 13.7. The highest BCUT2D eigenvalue weighted by atomic mass is 79.9. The molecular formula is C13H15BrN2O2. The Morgan fingerprint density at radius 2 is 2.17 bits per heavy atom. The van der Waals surface area contributed by atoms with E-state index in [1.54, 1.807) is 12.1 Å². The van der Waals surface area contributed by atoms with Gasteiger partial charge in [0.05, 0.1) is 5.56 Å². The molecule has 1 heterocycles. The zero-order valence-corrected chi connectivity index (χ0v) is 11.9. The maximum Gasteiger partial charge on any atom is 0.261 e. The fraction of sp³-hybridized carbons (Fsp3) is 0.385. The number of nitrogens with zero attached hydrogens (tertiary/aromatic N) is 2. The van der Waals surface area contributed by atoms with Gasteiger partial charge in [-0.25, -0.2) is 0 Å². The first-order valence-corrected chi connectivity index (χ1v) is 6.67. The molecule has 0 fully saturated rings. The number of hydrogen-bond donors (Lipinski definition) is 1. The molecule has 0 saturated heterocycles. The van der Waals surface area contributed by atoms with Gasteiger partial charge in [-0.3, -0.25) is 0 Å². The zero-order chi connectivity index (χ0) is 13.1. The Hall–Kier alpha value is -1.36. The third-order valence-corrected chi connectivity index (χ3v) is 3.10. The van der Waals surface area contributed by atoms with Crippen LogP contribution >= 0.6 is 15.9 Å². The molecule has 96 valence electrons. The summed E-state index contributed by atoms with van der Waals surface area (Å²) in [5.41, 5.74) is 0.557. The van der Waals surface area contributed by atoms with Crippen LogP contribution in [0.2, 0.25) is 0 Å². The van der Waals surface area contributed by atoms with E-state index < -0.39 is 0 Å². The summed E-state index contributed by atoms with van der Waals surface area (Å²) in [4.78, 5) is 4.29. The highest BCUT2D eigenvalue weighted by molar-refractivity contribution is 9.10. The van der Waals surface area contributed by atoms with E-state index in [1.807, 2.05) is 6.07 Å². The Bertz CT molecular complexity index is 538. The van der Waals surface area contributed by atoms with Crippen molar-refractivity contribution in [3.63, 3.8) is 0 Å². The van der Waals surface area contributed by atoms with Gasteiger partial charge in [0.15, 0.2) is 5.82 Å². The first-order chi connectivity index (χ1) is 8.56. The van der Waals surface area contributed by atoms with E-state index in [-0.39, 0.29) is 5.75 Å². The van der Waals surface area contributed by atoms with Gasteiger partial charge in [-0.1, -0.05) is 34.9 Å². The monoisotopic (exact) mass is 310 g/mol. The van der Waals surface area contributed by atoms with E-state index in [9.17, 15) is 5.11 Å². The summed E-state index contributed by atoms with van der Waals surface area (Å²) >= 11 is 3.29. The van der Waals surface area contributed by atoms with Gasteiger partial charge in [0, 0.05) is 10.9 Å². The summed E-state index contributed by atoms with van der Waals surface area (Å²) in [6.07, 6.45) is 1.81. The lowest BCUT2D eigenvalue weighted by Gasteiger charge is -2.00. The highest BCUT2D eigenvalue weighted by Gasteiger charge is 2.13. The molecule has 5 heteroatoms. The molecule has 0 radical (unpaired) electrons. The lowest BCUT2D eigenvalue weighted by molar-refractivity contribution is 0.414. The van der Waals surface area contributed by atoms with Crippen molar-refractivity contribution >= 4 is 15.9 Å². The van der Waals surface area contributed by atoms with Gasteiger partial charge in [0.2, 0.25) is 0 Å². The van der Waals surface area contributed by atoms with Crippen molar-refractivity contribution in [3.8, 4) is 17.2 Å². The number of phenols is 1. The summed E-state index contributed by atoms with van der Waals surface area (Å²) in [6.45, 7) is 4.31. The van der Waals surface area contributed by atoms with Gasteiger partial charge in [-0.05, 0) is 30.5 Å². The topological polar surface area (TPSA) is 59.2 Å². The number of aryl methyl sites for hydroxylation is 1. The van der Waals surface area contributed by atoms with Crippen molar-refractivity contribution in [3.05, 3.63) is 28.5 Å². The highest BCUT2D eigenvalue weighted by Crippen LogP contribution is 2.30. The van der Waals surface area contributed by atoms with Gasteiger partial charge in [-0.2, -0.15) is 4.98 Å². The van der Waals surface area contributed by atoms with E-state index in [0.29, 0.717) is 23.2 Å². The Morgan fingerprint density at radius 3 is 2.83 bits per heavy atom. The van der Waals surface area contributed by atoms with Crippen LogP contribution in [-0.4, -0.2) is 15.2 Å². The average molecular weight is 311 g/mol. The molecule has 0 aliphatic heterocycles. The molecule has 0 atom stereocenters. The number of rotatable bonds is 4. The first kappa shape index (κ1) is 13.1. The third kappa shape index (κ3) is 3.10. The number of halogens is 1. The van der Waals surface area contributed by atoms with Crippen LogP contribution in [0.15, 0.2) is 27.2 Å². The fourth-order valence-electron chi connectivity index (χ4n) is 1.57.